The van der Waals surface area contributed by atoms with Gasteiger partial charge in [-0.1, -0.05) is 51.8 Å². The number of Topliss-reactive ketones (excluding diaryl/α,β-unsaturated/α-hetero) is 1. The molecule has 0 radical (unpaired) electrons. The molecule has 0 spiro atoms. The molecule has 0 bridgehead atoms. The lowest BCUT2D eigenvalue weighted by molar-refractivity contribution is -0.118. The van der Waals surface area contributed by atoms with E-state index in [-0.39, 0.29) is 17.9 Å². The van der Waals surface area contributed by atoms with Gasteiger partial charge < -0.3 is 15.2 Å². The van der Waals surface area contributed by atoms with Crippen molar-refractivity contribution in [2.45, 2.75) is 72.4 Å². The number of nitrogens with one attached hydrogen (secondary N) is 2. The number of anilines is 2. The molecule has 0 aliphatic carbocycles. The highest BCUT2D eigenvalue weighted by atomic mass is 16.1. The van der Waals surface area contributed by atoms with Crippen molar-refractivity contribution in [3.05, 3.63) is 66.5 Å². The molecule has 2 N–H and O–H groups in total. The number of carbonyl (C=O) groups is 1. The molecule has 3 atom stereocenters. The maximum atomic E-state index is 12.2. The minimum atomic E-state index is -0.240. The van der Waals surface area contributed by atoms with Crippen LogP contribution < -0.4 is 10.6 Å². The van der Waals surface area contributed by atoms with Gasteiger partial charge in [0.25, 0.3) is 0 Å². The number of nitriles is 1. The van der Waals surface area contributed by atoms with Crippen molar-refractivity contribution in [2.24, 2.45) is 5.92 Å². The van der Waals surface area contributed by atoms with E-state index in [9.17, 15) is 4.79 Å². The van der Waals surface area contributed by atoms with Gasteiger partial charge in [0.05, 0.1) is 17.7 Å². The minimum absolute atomic E-state index is 0.135. The third kappa shape index (κ3) is 9.62. The number of hydrogen-bond acceptors (Lipinski definition) is 6. The molecule has 0 amide bonds. The van der Waals surface area contributed by atoms with Gasteiger partial charge in [-0.3, -0.25) is 4.79 Å². The molecule has 0 saturated heterocycles. The average molecular weight is 475 g/mol. The van der Waals surface area contributed by atoms with Gasteiger partial charge in [0.15, 0.2) is 5.78 Å². The van der Waals surface area contributed by atoms with E-state index < -0.39 is 0 Å². The molecule has 186 valence electrons. The van der Waals surface area contributed by atoms with Crippen LogP contribution in [0.1, 0.15) is 65.9 Å². The van der Waals surface area contributed by atoms with Crippen molar-refractivity contribution < 1.29 is 4.79 Å². The number of rotatable bonds is 11. The van der Waals surface area contributed by atoms with Crippen LogP contribution in [0.5, 0.6) is 0 Å². The molecule has 35 heavy (non-hydrogen) atoms. The first-order valence-corrected chi connectivity index (χ1v) is 12.4. The Labute approximate surface area is 209 Å². The highest BCUT2D eigenvalue weighted by molar-refractivity contribution is 5.84. The summed E-state index contributed by atoms with van der Waals surface area (Å²) in [5, 5.41) is 15.0. The molecule has 0 aliphatic rings. The number of carbonyl (C=O) groups excluding carboxylic acids is 1. The Bertz CT molecular complexity index is 1060. The van der Waals surface area contributed by atoms with Crippen molar-refractivity contribution in [3.63, 3.8) is 0 Å². The average Bonchev–Trinajstić information content (AvgIpc) is 3.39. The van der Waals surface area contributed by atoms with Gasteiger partial charge in [-0.2, -0.15) is 15.2 Å². The Morgan fingerprint density at radius 2 is 1.74 bits per heavy atom. The number of aromatic nitrogens is 3. The van der Waals surface area contributed by atoms with Gasteiger partial charge in [-0.05, 0) is 56.9 Å². The minimum Gasteiger partial charge on any atom is -0.360 e. The maximum Gasteiger partial charge on any atom is 0.226 e. The fourth-order valence-electron chi connectivity index (χ4n) is 3.55. The van der Waals surface area contributed by atoms with Gasteiger partial charge in [0.2, 0.25) is 5.95 Å². The number of nitrogens with zero attached hydrogens (tertiary/aromatic N) is 4. The molecule has 2 unspecified atom stereocenters. The van der Waals surface area contributed by atoms with Gasteiger partial charge in [-0.25, -0.2) is 0 Å². The van der Waals surface area contributed by atoms with Gasteiger partial charge in [-0.15, -0.1) is 0 Å². The van der Waals surface area contributed by atoms with Gasteiger partial charge >= 0.3 is 0 Å². The Morgan fingerprint density at radius 3 is 2.29 bits per heavy atom. The van der Waals surface area contributed by atoms with E-state index in [0.717, 1.165) is 31.5 Å². The van der Waals surface area contributed by atoms with Crippen LogP contribution in [-0.2, 0) is 4.79 Å². The highest BCUT2D eigenvalue weighted by Gasteiger charge is 2.19. The first kappa shape index (κ1) is 27.6. The van der Waals surface area contributed by atoms with Crippen molar-refractivity contribution in [3.8, 4) is 11.9 Å². The van der Waals surface area contributed by atoms with Crippen LogP contribution in [0.25, 0.3) is 5.82 Å². The van der Waals surface area contributed by atoms with Crippen molar-refractivity contribution in [1.82, 2.24) is 14.5 Å². The lowest BCUT2D eigenvalue weighted by Crippen LogP contribution is -2.30. The van der Waals surface area contributed by atoms with E-state index in [2.05, 4.69) is 48.3 Å². The summed E-state index contributed by atoms with van der Waals surface area (Å²) in [4.78, 5) is 21.4. The number of benzene rings is 1. The predicted octanol–water partition coefficient (Wildman–Crippen LogP) is 6.23. The van der Waals surface area contributed by atoms with Crippen LogP contribution in [0, 0.1) is 17.2 Å². The van der Waals surface area contributed by atoms with E-state index >= 15 is 0 Å². The lowest BCUT2D eigenvalue weighted by Gasteiger charge is -2.21. The number of ketones is 1. The quantitative estimate of drug-likeness (QED) is 0.342. The molecule has 7 heteroatoms. The Morgan fingerprint density at radius 1 is 1.06 bits per heavy atom. The second-order valence-corrected chi connectivity index (χ2v) is 8.89. The van der Waals surface area contributed by atoms with Crippen LogP contribution in [0.3, 0.4) is 0 Å². The summed E-state index contributed by atoms with van der Waals surface area (Å²) in [6.45, 7) is 10.2. The molecule has 7 nitrogen and oxygen atoms in total. The molecule has 0 saturated carbocycles. The van der Waals surface area contributed by atoms with Gasteiger partial charge in [0.1, 0.15) is 11.6 Å². The van der Waals surface area contributed by atoms with E-state index in [1.165, 1.54) is 0 Å². The Hall–Kier alpha value is -3.66. The smallest absolute Gasteiger partial charge is 0.226 e. The van der Waals surface area contributed by atoms with Crippen LogP contribution in [-0.4, -0.2) is 32.4 Å². The summed E-state index contributed by atoms with van der Waals surface area (Å²) in [5.41, 5.74) is 0.715. The molecular weight excluding hydrogens is 436 g/mol. The zero-order chi connectivity index (χ0) is 25.6. The van der Waals surface area contributed by atoms with E-state index in [0.29, 0.717) is 23.2 Å². The zero-order valence-electron chi connectivity index (χ0n) is 21.5. The molecular formula is C28H38N6O. The summed E-state index contributed by atoms with van der Waals surface area (Å²) in [6.07, 6.45) is 7.92. The SMILES string of the molecule is CCCC(C)C[C@@H](Nc1cc(-n2cccc2)nc(NC(C)CC)n1)C(C)=O.N#Cc1ccccc1. The van der Waals surface area contributed by atoms with Crippen LogP contribution >= 0.6 is 0 Å². The molecule has 3 rings (SSSR count). The standard InChI is InChI=1S/C21H33N5O.C7H5N/c1-6-10-15(3)13-18(17(5)27)23-19-14-20(26-11-8-9-12-26)25-21(24-19)22-16(4)7-2;8-6-7-4-2-1-3-5-7/h8-9,11-12,14-16,18H,6-7,10,13H2,1-5H3,(H2,22,23,24,25);1-5H/t15?,16?,18-;/m1./s1. The first-order chi connectivity index (χ1) is 16.9. The fraction of sp³-hybridized carbons (Fsp3) is 0.429. The van der Waals surface area contributed by atoms with Crippen molar-refractivity contribution >= 4 is 17.5 Å². The molecule has 3 aromatic rings. The second-order valence-electron chi connectivity index (χ2n) is 8.89. The summed E-state index contributed by atoms with van der Waals surface area (Å²) >= 11 is 0. The fourth-order valence-corrected chi connectivity index (χ4v) is 3.55. The molecule has 2 heterocycles. The first-order valence-electron chi connectivity index (χ1n) is 12.4. The van der Waals surface area contributed by atoms with E-state index in [4.69, 9.17) is 5.26 Å². The third-order valence-electron chi connectivity index (χ3n) is 5.70. The van der Waals surface area contributed by atoms with Crippen LogP contribution in [0.15, 0.2) is 60.9 Å². The van der Waals surface area contributed by atoms with Crippen molar-refractivity contribution in [2.75, 3.05) is 10.6 Å². The van der Waals surface area contributed by atoms with Crippen molar-refractivity contribution in [1.29, 1.82) is 5.26 Å². The second kappa shape index (κ2) is 14.6. The van der Waals surface area contributed by atoms with Gasteiger partial charge in [0, 0.05) is 24.5 Å². The molecule has 2 aromatic heterocycles. The maximum absolute atomic E-state index is 12.2. The summed E-state index contributed by atoms with van der Waals surface area (Å²) in [5.74, 6) is 2.63. The number of hydrogen-bond donors (Lipinski definition) is 2. The Balaban J connectivity index is 0.000000456. The molecule has 0 aliphatic heterocycles. The van der Waals surface area contributed by atoms with E-state index in [1.807, 2.05) is 59.4 Å². The zero-order valence-corrected chi connectivity index (χ0v) is 21.5. The van der Waals surface area contributed by atoms with Crippen LogP contribution in [0.4, 0.5) is 11.8 Å². The lowest BCUT2D eigenvalue weighted by atomic mass is 9.95. The van der Waals surface area contributed by atoms with E-state index in [1.54, 1.807) is 19.1 Å². The van der Waals surface area contributed by atoms with Crippen LogP contribution in [0.2, 0.25) is 0 Å². The summed E-state index contributed by atoms with van der Waals surface area (Å²) in [6, 6.07) is 17.0. The summed E-state index contributed by atoms with van der Waals surface area (Å²) < 4.78 is 1.94. The largest absolute Gasteiger partial charge is 0.360 e. The summed E-state index contributed by atoms with van der Waals surface area (Å²) in [7, 11) is 0. The molecule has 1 aromatic carbocycles. The monoisotopic (exact) mass is 474 g/mol. The topological polar surface area (TPSA) is 95.6 Å². The predicted molar refractivity (Wildman–Crippen MR) is 143 cm³/mol. The highest BCUT2D eigenvalue weighted by Crippen LogP contribution is 2.20. The normalized spacial score (nSPS) is 12.9. The Kier molecular flexibility index (Phi) is 11.5. The third-order valence-corrected chi connectivity index (χ3v) is 5.70. The molecule has 0 fully saturated rings.